The van der Waals surface area contributed by atoms with Crippen LogP contribution in [0.25, 0.3) is 0 Å². The largest absolute Gasteiger partial charge is 0.481 e. The van der Waals surface area contributed by atoms with Gasteiger partial charge in [0, 0.05) is 6.04 Å². The van der Waals surface area contributed by atoms with Crippen LogP contribution >= 0.6 is 0 Å². The van der Waals surface area contributed by atoms with Gasteiger partial charge in [0.15, 0.2) is 0 Å². The van der Waals surface area contributed by atoms with Crippen molar-refractivity contribution in [3.8, 4) is 6.07 Å². The van der Waals surface area contributed by atoms with Crippen LogP contribution in [0.15, 0.2) is 29.2 Å². The topological polar surface area (TPSA) is 107 Å². The van der Waals surface area contributed by atoms with E-state index in [1.165, 1.54) is 24.3 Å². The fourth-order valence-electron chi connectivity index (χ4n) is 1.60. The second kappa shape index (κ2) is 6.50. The molecule has 0 aliphatic rings. The molecule has 0 radical (unpaired) electrons. The SMILES string of the molecule is CC(C)[C@H](CC(=O)O)NS(=O)(=O)c1cccc(C#N)c1. The maximum absolute atomic E-state index is 12.2. The minimum atomic E-state index is -3.85. The van der Waals surface area contributed by atoms with E-state index in [0.29, 0.717) is 0 Å². The van der Waals surface area contributed by atoms with Crippen LogP contribution in [0.3, 0.4) is 0 Å². The van der Waals surface area contributed by atoms with E-state index >= 15 is 0 Å². The molecule has 7 heteroatoms. The lowest BCUT2D eigenvalue weighted by Gasteiger charge is -2.20. The molecular formula is C13H16N2O4S. The minimum absolute atomic E-state index is 0.0485. The molecule has 1 rings (SSSR count). The van der Waals surface area contributed by atoms with E-state index in [9.17, 15) is 13.2 Å². The van der Waals surface area contributed by atoms with Crippen molar-refractivity contribution in [2.75, 3.05) is 0 Å². The summed E-state index contributed by atoms with van der Waals surface area (Å²) in [6, 6.07) is 6.73. The standard InChI is InChI=1S/C13H16N2O4S/c1-9(2)12(7-13(16)17)15-20(18,19)11-5-3-4-10(6-11)8-14/h3-6,9,12,15H,7H2,1-2H3,(H,16,17)/t12-/m0/s1. The van der Waals surface area contributed by atoms with Gasteiger partial charge in [0.2, 0.25) is 10.0 Å². The first-order valence-corrected chi connectivity index (χ1v) is 7.49. The molecule has 0 bridgehead atoms. The van der Waals surface area contributed by atoms with Crippen LogP contribution in [0.4, 0.5) is 0 Å². The van der Waals surface area contributed by atoms with Gasteiger partial charge in [0.1, 0.15) is 0 Å². The molecule has 0 heterocycles. The number of hydrogen-bond donors (Lipinski definition) is 2. The molecule has 0 aliphatic carbocycles. The Morgan fingerprint density at radius 3 is 2.60 bits per heavy atom. The number of nitrogens with zero attached hydrogens (tertiary/aromatic N) is 1. The van der Waals surface area contributed by atoms with Gasteiger partial charge in [-0.1, -0.05) is 19.9 Å². The lowest BCUT2D eigenvalue weighted by atomic mass is 10.0. The Kier molecular flexibility index (Phi) is 5.25. The summed E-state index contributed by atoms with van der Waals surface area (Å²) in [4.78, 5) is 10.7. The van der Waals surface area contributed by atoms with Crippen LogP contribution in [-0.2, 0) is 14.8 Å². The Balaban J connectivity index is 3.03. The molecule has 20 heavy (non-hydrogen) atoms. The highest BCUT2D eigenvalue weighted by atomic mass is 32.2. The van der Waals surface area contributed by atoms with Crippen LogP contribution in [0.5, 0.6) is 0 Å². The Morgan fingerprint density at radius 1 is 1.45 bits per heavy atom. The van der Waals surface area contributed by atoms with E-state index in [1.54, 1.807) is 13.8 Å². The highest BCUT2D eigenvalue weighted by Gasteiger charge is 2.24. The molecule has 0 aliphatic heterocycles. The van der Waals surface area contributed by atoms with Gasteiger partial charge in [0.05, 0.1) is 22.9 Å². The zero-order valence-electron chi connectivity index (χ0n) is 11.2. The number of hydrogen-bond acceptors (Lipinski definition) is 4. The molecule has 6 nitrogen and oxygen atoms in total. The summed E-state index contributed by atoms with van der Waals surface area (Å²) in [6.45, 7) is 3.48. The summed E-state index contributed by atoms with van der Waals surface area (Å²) in [5.74, 6) is -1.24. The van der Waals surface area contributed by atoms with Crippen molar-refractivity contribution in [2.45, 2.75) is 31.2 Å². The van der Waals surface area contributed by atoms with Crippen LogP contribution in [0.2, 0.25) is 0 Å². The van der Waals surface area contributed by atoms with Gasteiger partial charge in [-0.15, -0.1) is 0 Å². The van der Waals surface area contributed by atoms with Crippen molar-refractivity contribution in [3.05, 3.63) is 29.8 Å². The van der Waals surface area contributed by atoms with Gasteiger partial charge < -0.3 is 5.11 Å². The van der Waals surface area contributed by atoms with E-state index in [4.69, 9.17) is 10.4 Å². The minimum Gasteiger partial charge on any atom is -0.481 e. The van der Waals surface area contributed by atoms with Gasteiger partial charge in [-0.05, 0) is 24.1 Å². The number of nitrogens with one attached hydrogen (secondary N) is 1. The molecule has 0 spiro atoms. The number of carboxylic acids is 1. The molecule has 0 amide bonds. The lowest BCUT2D eigenvalue weighted by Crippen LogP contribution is -2.40. The van der Waals surface area contributed by atoms with Gasteiger partial charge >= 0.3 is 5.97 Å². The first-order valence-electron chi connectivity index (χ1n) is 6.00. The predicted molar refractivity (Wildman–Crippen MR) is 72.4 cm³/mol. The molecular weight excluding hydrogens is 280 g/mol. The average molecular weight is 296 g/mol. The Labute approximate surface area is 118 Å². The molecule has 1 atom stereocenters. The van der Waals surface area contributed by atoms with Crippen molar-refractivity contribution in [2.24, 2.45) is 5.92 Å². The quantitative estimate of drug-likeness (QED) is 0.823. The monoisotopic (exact) mass is 296 g/mol. The van der Waals surface area contributed by atoms with Crippen molar-refractivity contribution < 1.29 is 18.3 Å². The van der Waals surface area contributed by atoms with Crippen molar-refractivity contribution in [1.82, 2.24) is 4.72 Å². The second-order valence-corrected chi connectivity index (χ2v) is 6.42. The van der Waals surface area contributed by atoms with E-state index in [-0.39, 0.29) is 22.8 Å². The third-order valence-corrected chi connectivity index (χ3v) is 4.27. The van der Waals surface area contributed by atoms with Crippen molar-refractivity contribution in [3.63, 3.8) is 0 Å². The fourth-order valence-corrected chi connectivity index (χ4v) is 3.03. The molecule has 108 valence electrons. The van der Waals surface area contributed by atoms with E-state index < -0.39 is 22.0 Å². The Hall–Kier alpha value is -1.91. The maximum Gasteiger partial charge on any atom is 0.304 e. The Bertz CT molecular complexity index is 632. The molecule has 1 aromatic rings. The predicted octanol–water partition coefficient (Wildman–Crippen LogP) is 1.34. The highest BCUT2D eigenvalue weighted by molar-refractivity contribution is 7.89. The van der Waals surface area contributed by atoms with Gasteiger partial charge in [-0.2, -0.15) is 5.26 Å². The highest BCUT2D eigenvalue weighted by Crippen LogP contribution is 2.15. The molecule has 1 aromatic carbocycles. The average Bonchev–Trinajstić information content (AvgIpc) is 2.37. The maximum atomic E-state index is 12.2. The van der Waals surface area contributed by atoms with E-state index in [2.05, 4.69) is 4.72 Å². The molecule has 0 fully saturated rings. The molecule has 0 unspecified atom stereocenters. The lowest BCUT2D eigenvalue weighted by molar-refractivity contribution is -0.137. The molecule has 2 N–H and O–H groups in total. The van der Waals surface area contributed by atoms with Crippen LogP contribution < -0.4 is 4.72 Å². The molecule has 0 saturated carbocycles. The number of rotatable bonds is 6. The first kappa shape index (κ1) is 16.1. The third-order valence-electron chi connectivity index (χ3n) is 2.78. The number of benzene rings is 1. The van der Waals surface area contributed by atoms with Crippen LogP contribution in [0.1, 0.15) is 25.8 Å². The summed E-state index contributed by atoms with van der Waals surface area (Å²) in [5.41, 5.74) is 0.229. The summed E-state index contributed by atoms with van der Waals surface area (Å²) in [6.07, 6.45) is -0.297. The number of aliphatic carboxylic acids is 1. The number of carbonyl (C=O) groups is 1. The summed E-state index contributed by atoms with van der Waals surface area (Å²) in [7, 11) is -3.85. The first-order chi connectivity index (χ1) is 9.26. The Morgan fingerprint density at radius 2 is 2.10 bits per heavy atom. The van der Waals surface area contributed by atoms with Crippen molar-refractivity contribution >= 4 is 16.0 Å². The van der Waals surface area contributed by atoms with E-state index in [0.717, 1.165) is 0 Å². The fraction of sp³-hybridized carbons (Fsp3) is 0.385. The summed E-state index contributed by atoms with van der Waals surface area (Å²) < 4.78 is 26.7. The zero-order chi connectivity index (χ0) is 15.3. The number of nitriles is 1. The second-order valence-electron chi connectivity index (χ2n) is 4.71. The number of sulfonamides is 1. The van der Waals surface area contributed by atoms with Gasteiger partial charge in [0.25, 0.3) is 0 Å². The van der Waals surface area contributed by atoms with E-state index in [1.807, 2.05) is 6.07 Å². The van der Waals surface area contributed by atoms with Crippen LogP contribution in [-0.4, -0.2) is 25.5 Å². The van der Waals surface area contributed by atoms with Gasteiger partial charge in [-0.3, -0.25) is 4.79 Å². The zero-order valence-corrected chi connectivity index (χ0v) is 12.0. The normalized spacial score (nSPS) is 12.9. The van der Waals surface area contributed by atoms with Crippen molar-refractivity contribution in [1.29, 1.82) is 5.26 Å². The number of carboxylic acid groups (broad SMARTS) is 1. The molecule has 0 saturated heterocycles. The third kappa shape index (κ3) is 4.33. The van der Waals surface area contributed by atoms with Gasteiger partial charge in [-0.25, -0.2) is 13.1 Å². The van der Waals surface area contributed by atoms with Crippen LogP contribution in [0, 0.1) is 17.2 Å². The summed E-state index contributed by atoms with van der Waals surface area (Å²) in [5, 5.41) is 17.6. The smallest absolute Gasteiger partial charge is 0.304 e. The molecule has 0 aromatic heterocycles. The summed E-state index contributed by atoms with van der Waals surface area (Å²) >= 11 is 0.